The van der Waals surface area contributed by atoms with E-state index in [0.29, 0.717) is 42.0 Å². The molecule has 11 heteroatoms. The van der Waals surface area contributed by atoms with E-state index in [1.807, 2.05) is 4.90 Å². The van der Waals surface area contributed by atoms with Crippen molar-refractivity contribution in [2.24, 2.45) is 7.05 Å². The van der Waals surface area contributed by atoms with E-state index in [0.717, 1.165) is 10.7 Å². The van der Waals surface area contributed by atoms with Gasteiger partial charge in [-0.05, 0) is 6.07 Å². The summed E-state index contributed by atoms with van der Waals surface area (Å²) in [7, 11) is 1.49. The number of hydrogen-bond donors (Lipinski definition) is 3. The van der Waals surface area contributed by atoms with Gasteiger partial charge in [0.1, 0.15) is 11.6 Å². The summed E-state index contributed by atoms with van der Waals surface area (Å²) in [6.07, 6.45) is -1.45. The smallest absolute Gasteiger partial charge is 0.276 e. The number of piperazine rings is 1. The summed E-state index contributed by atoms with van der Waals surface area (Å²) in [6.45, 7) is 1.78. The zero-order chi connectivity index (χ0) is 22.8. The number of aryl methyl sites for hydroxylation is 1. The average Bonchev–Trinajstić information content (AvgIpc) is 2.80. The fourth-order valence-corrected chi connectivity index (χ4v) is 3.78. The molecule has 0 radical (unpaired) electrons. The fraction of sp³-hybridized carbons (Fsp3) is 0.381. The Hall–Kier alpha value is -3.18. The molecule has 32 heavy (non-hydrogen) atoms. The van der Waals surface area contributed by atoms with E-state index >= 15 is 0 Å². The van der Waals surface area contributed by atoms with Crippen molar-refractivity contribution in [1.82, 2.24) is 20.1 Å². The second-order valence-corrected chi connectivity index (χ2v) is 7.62. The topological polar surface area (TPSA) is 95.3 Å². The number of aliphatic hydroxyl groups is 1. The molecule has 1 saturated heterocycles. The van der Waals surface area contributed by atoms with E-state index in [4.69, 9.17) is 0 Å². The molecule has 0 saturated carbocycles. The molecule has 0 aliphatic carbocycles. The second-order valence-electron chi connectivity index (χ2n) is 7.62. The molecule has 1 fully saturated rings. The molecule has 1 atom stereocenters. The molecule has 1 aromatic carbocycles. The molecule has 1 unspecified atom stereocenters. The zero-order valence-corrected chi connectivity index (χ0v) is 17.4. The number of halogens is 3. The van der Waals surface area contributed by atoms with Crippen LogP contribution < -0.4 is 21.1 Å². The van der Waals surface area contributed by atoms with Gasteiger partial charge >= 0.3 is 0 Å². The van der Waals surface area contributed by atoms with Crippen LogP contribution >= 0.6 is 0 Å². The van der Waals surface area contributed by atoms with Crippen molar-refractivity contribution in [2.45, 2.75) is 19.0 Å². The quantitative estimate of drug-likeness (QED) is 0.529. The predicted octanol–water partition coefficient (Wildman–Crippen LogP) is 1.79. The highest BCUT2D eigenvalue weighted by Gasteiger charge is 2.21. The molecule has 2 aromatic heterocycles. The Kier molecular flexibility index (Phi) is 6.28. The van der Waals surface area contributed by atoms with Gasteiger partial charge < -0.3 is 20.6 Å². The van der Waals surface area contributed by atoms with Crippen molar-refractivity contribution >= 4 is 22.4 Å². The van der Waals surface area contributed by atoms with Gasteiger partial charge in [0.2, 0.25) is 0 Å². The number of rotatable bonds is 6. The van der Waals surface area contributed by atoms with Gasteiger partial charge in [-0.3, -0.25) is 4.79 Å². The third kappa shape index (κ3) is 4.26. The maximum absolute atomic E-state index is 14.4. The summed E-state index contributed by atoms with van der Waals surface area (Å²) in [5.41, 5.74) is -0.941. The molecule has 3 N–H and O–H groups in total. The Bertz CT molecular complexity index is 1190. The number of aliphatic hydroxyl groups excluding tert-OH is 1. The first-order valence-electron chi connectivity index (χ1n) is 10.1. The lowest BCUT2D eigenvalue weighted by atomic mass is 10.1. The maximum Gasteiger partial charge on any atom is 0.276 e. The van der Waals surface area contributed by atoms with Gasteiger partial charge in [-0.1, -0.05) is 18.2 Å². The number of aromatic nitrogens is 3. The minimum atomic E-state index is -2.91. The maximum atomic E-state index is 14.4. The van der Waals surface area contributed by atoms with Crippen LogP contribution in [0.3, 0.4) is 0 Å². The summed E-state index contributed by atoms with van der Waals surface area (Å²) >= 11 is 0. The van der Waals surface area contributed by atoms with Gasteiger partial charge in [-0.25, -0.2) is 22.8 Å². The first kappa shape index (κ1) is 22.0. The Morgan fingerprint density at radius 2 is 2.16 bits per heavy atom. The van der Waals surface area contributed by atoms with Crippen molar-refractivity contribution in [1.29, 1.82) is 0 Å². The standard InChI is InChI=1S/C21H23F3N6O2/c1-29-21(32)16-9-26-17(30-6-5-25-13(10-30)11-31)7-15(16)20(28-29)27-8-12-3-2-4-14(18(12)22)19(23)24/h2-4,7,9,13,19,25,31H,5-6,8,10-11H2,1H3,(H,27,28). The summed E-state index contributed by atoms with van der Waals surface area (Å²) in [6, 6.07) is 5.47. The molecule has 4 rings (SSSR count). The van der Waals surface area contributed by atoms with Gasteiger partial charge in [0.15, 0.2) is 5.82 Å². The minimum Gasteiger partial charge on any atom is -0.395 e. The molecule has 1 aliphatic heterocycles. The molecule has 0 amide bonds. The summed E-state index contributed by atoms with van der Waals surface area (Å²) in [5.74, 6) is -0.0507. The molecular formula is C21H23F3N6O2. The SMILES string of the molecule is Cn1nc(NCc2cccc(C(F)F)c2F)c2cc(N3CCNC(CO)C3)ncc2c1=O. The van der Waals surface area contributed by atoms with Crippen molar-refractivity contribution in [3.8, 4) is 0 Å². The second kappa shape index (κ2) is 9.13. The van der Waals surface area contributed by atoms with Gasteiger partial charge in [-0.15, -0.1) is 0 Å². The number of anilines is 2. The highest BCUT2D eigenvalue weighted by atomic mass is 19.3. The Labute approximate surface area is 181 Å². The fourth-order valence-electron chi connectivity index (χ4n) is 3.78. The van der Waals surface area contributed by atoms with Crippen molar-refractivity contribution in [3.63, 3.8) is 0 Å². The number of pyridine rings is 1. The number of fused-ring (bicyclic) bond motifs is 1. The van der Waals surface area contributed by atoms with Crippen LogP contribution in [0.1, 0.15) is 17.6 Å². The zero-order valence-electron chi connectivity index (χ0n) is 17.4. The lowest BCUT2D eigenvalue weighted by Gasteiger charge is -2.33. The molecule has 3 heterocycles. The van der Waals surface area contributed by atoms with Crippen LogP contribution in [-0.4, -0.2) is 52.2 Å². The van der Waals surface area contributed by atoms with Crippen LogP contribution in [0.15, 0.2) is 35.3 Å². The first-order valence-corrected chi connectivity index (χ1v) is 10.1. The molecule has 170 valence electrons. The first-order chi connectivity index (χ1) is 15.4. The molecule has 1 aliphatic rings. The molecular weight excluding hydrogens is 425 g/mol. The largest absolute Gasteiger partial charge is 0.395 e. The summed E-state index contributed by atoms with van der Waals surface area (Å²) in [5, 5.41) is 20.7. The van der Waals surface area contributed by atoms with E-state index < -0.39 is 17.8 Å². The lowest BCUT2D eigenvalue weighted by Crippen LogP contribution is -2.52. The molecule has 0 bridgehead atoms. The predicted molar refractivity (Wildman–Crippen MR) is 115 cm³/mol. The van der Waals surface area contributed by atoms with Crippen LogP contribution in [-0.2, 0) is 13.6 Å². The monoisotopic (exact) mass is 448 g/mol. The highest BCUT2D eigenvalue weighted by molar-refractivity contribution is 5.92. The normalized spacial score (nSPS) is 16.7. The van der Waals surface area contributed by atoms with Crippen molar-refractivity contribution < 1.29 is 18.3 Å². The van der Waals surface area contributed by atoms with E-state index in [1.165, 1.54) is 25.4 Å². The number of benzene rings is 1. The number of nitrogens with zero attached hydrogens (tertiary/aromatic N) is 4. The third-order valence-electron chi connectivity index (χ3n) is 5.51. The van der Waals surface area contributed by atoms with Crippen LogP contribution in [0.4, 0.5) is 24.8 Å². The summed E-state index contributed by atoms with van der Waals surface area (Å²) < 4.78 is 41.6. The van der Waals surface area contributed by atoms with E-state index in [9.17, 15) is 23.1 Å². The molecule has 0 spiro atoms. The average molecular weight is 448 g/mol. The van der Waals surface area contributed by atoms with Gasteiger partial charge in [0.05, 0.1) is 17.6 Å². The van der Waals surface area contributed by atoms with E-state index in [2.05, 4.69) is 20.7 Å². The third-order valence-corrected chi connectivity index (χ3v) is 5.51. The Morgan fingerprint density at radius 3 is 2.91 bits per heavy atom. The molecule has 8 nitrogen and oxygen atoms in total. The van der Waals surface area contributed by atoms with Crippen LogP contribution in [0.5, 0.6) is 0 Å². The Morgan fingerprint density at radius 1 is 1.34 bits per heavy atom. The number of nitrogens with one attached hydrogen (secondary N) is 2. The number of hydrogen-bond acceptors (Lipinski definition) is 7. The van der Waals surface area contributed by atoms with E-state index in [1.54, 1.807) is 6.07 Å². The summed E-state index contributed by atoms with van der Waals surface area (Å²) in [4.78, 5) is 18.9. The molecule has 3 aromatic rings. The van der Waals surface area contributed by atoms with Crippen LogP contribution in [0, 0.1) is 5.82 Å². The minimum absolute atomic E-state index is 0.0117. The number of alkyl halides is 2. The van der Waals surface area contributed by atoms with E-state index in [-0.39, 0.29) is 30.3 Å². The van der Waals surface area contributed by atoms with Crippen molar-refractivity contribution in [2.75, 3.05) is 36.5 Å². The van der Waals surface area contributed by atoms with Crippen molar-refractivity contribution in [3.05, 3.63) is 57.8 Å². The van der Waals surface area contributed by atoms with Gasteiger partial charge in [0.25, 0.3) is 12.0 Å². The van der Waals surface area contributed by atoms with Crippen LogP contribution in [0.2, 0.25) is 0 Å². The van der Waals surface area contributed by atoms with Gasteiger partial charge in [0, 0.05) is 56.4 Å². The highest BCUT2D eigenvalue weighted by Crippen LogP contribution is 2.26. The van der Waals surface area contributed by atoms with Crippen LogP contribution in [0.25, 0.3) is 10.8 Å². The van der Waals surface area contributed by atoms with Gasteiger partial charge in [-0.2, -0.15) is 5.10 Å². The Balaban J connectivity index is 1.69. The lowest BCUT2D eigenvalue weighted by molar-refractivity contribution is 0.146.